The number of nitrogens with zero attached hydrogens (tertiary/aromatic N) is 1. The molecular formula is C20H23N3O4S2. The Bertz CT molecular complexity index is 985. The standard InChI is InChI=1S/C20H23N3O4S2/c1-15-4-2-3-5-16(15)14-19(24)22-20(28)21-17-6-8-18(9-7-17)29(25,26)23-10-12-27-13-11-23/h2-9H,10-14H2,1H3,(H2,21,22,24,28). The molecule has 0 radical (unpaired) electrons. The van der Waals surface area contributed by atoms with Gasteiger partial charge in [0.25, 0.3) is 0 Å². The van der Waals surface area contributed by atoms with Gasteiger partial charge in [-0.15, -0.1) is 0 Å². The first-order chi connectivity index (χ1) is 13.9. The van der Waals surface area contributed by atoms with Gasteiger partial charge in [0.1, 0.15) is 0 Å². The summed E-state index contributed by atoms with van der Waals surface area (Å²) in [5.74, 6) is -0.219. The minimum Gasteiger partial charge on any atom is -0.379 e. The minimum absolute atomic E-state index is 0.160. The maximum Gasteiger partial charge on any atom is 0.243 e. The Morgan fingerprint density at radius 3 is 2.41 bits per heavy atom. The topological polar surface area (TPSA) is 87.7 Å². The molecule has 0 saturated carbocycles. The van der Waals surface area contributed by atoms with E-state index in [1.807, 2.05) is 31.2 Å². The zero-order valence-electron chi connectivity index (χ0n) is 16.1. The van der Waals surface area contributed by atoms with Crippen molar-refractivity contribution in [3.8, 4) is 0 Å². The number of hydrogen-bond donors (Lipinski definition) is 2. The molecule has 0 aromatic heterocycles. The Morgan fingerprint density at radius 1 is 1.10 bits per heavy atom. The van der Waals surface area contributed by atoms with Gasteiger partial charge >= 0.3 is 0 Å². The van der Waals surface area contributed by atoms with E-state index in [0.717, 1.165) is 11.1 Å². The zero-order valence-corrected chi connectivity index (χ0v) is 17.7. The van der Waals surface area contributed by atoms with E-state index in [4.69, 9.17) is 17.0 Å². The van der Waals surface area contributed by atoms with Gasteiger partial charge in [-0.25, -0.2) is 8.42 Å². The number of anilines is 1. The van der Waals surface area contributed by atoms with Crippen LogP contribution < -0.4 is 10.6 Å². The number of amides is 1. The van der Waals surface area contributed by atoms with E-state index >= 15 is 0 Å². The zero-order chi connectivity index (χ0) is 20.9. The van der Waals surface area contributed by atoms with E-state index in [9.17, 15) is 13.2 Å². The summed E-state index contributed by atoms with van der Waals surface area (Å²) in [7, 11) is -3.54. The number of morpholine rings is 1. The number of carbonyl (C=O) groups is 1. The first-order valence-electron chi connectivity index (χ1n) is 9.19. The summed E-state index contributed by atoms with van der Waals surface area (Å²) in [6.07, 6.45) is 0.227. The molecule has 0 bridgehead atoms. The predicted octanol–water partition coefficient (Wildman–Crippen LogP) is 2.07. The molecule has 0 unspecified atom stereocenters. The average molecular weight is 434 g/mol. The second kappa shape index (κ2) is 9.45. The van der Waals surface area contributed by atoms with Crippen molar-refractivity contribution >= 4 is 38.9 Å². The highest BCUT2D eigenvalue weighted by Crippen LogP contribution is 2.19. The Morgan fingerprint density at radius 2 is 1.76 bits per heavy atom. The maximum atomic E-state index is 12.6. The molecule has 9 heteroatoms. The molecule has 2 aromatic rings. The maximum absolute atomic E-state index is 12.6. The fourth-order valence-electron chi connectivity index (χ4n) is 2.96. The van der Waals surface area contributed by atoms with Crippen LogP contribution in [0.3, 0.4) is 0 Å². The molecular weight excluding hydrogens is 410 g/mol. The SMILES string of the molecule is Cc1ccccc1CC(=O)NC(=S)Nc1ccc(S(=O)(=O)N2CCOCC2)cc1. The lowest BCUT2D eigenvalue weighted by Crippen LogP contribution is -2.40. The number of benzene rings is 2. The van der Waals surface area contributed by atoms with Gasteiger partial charge in [-0.05, 0) is 54.5 Å². The lowest BCUT2D eigenvalue weighted by atomic mass is 10.1. The van der Waals surface area contributed by atoms with Crippen LogP contribution in [0.15, 0.2) is 53.4 Å². The summed E-state index contributed by atoms with van der Waals surface area (Å²) in [6.45, 7) is 3.44. The van der Waals surface area contributed by atoms with Crippen molar-refractivity contribution in [1.82, 2.24) is 9.62 Å². The second-order valence-electron chi connectivity index (χ2n) is 6.65. The summed E-state index contributed by atoms with van der Waals surface area (Å²) in [5, 5.41) is 5.70. The fourth-order valence-corrected chi connectivity index (χ4v) is 4.60. The molecule has 1 aliphatic heterocycles. The van der Waals surface area contributed by atoms with Gasteiger partial charge in [0.05, 0.1) is 24.5 Å². The normalized spacial score (nSPS) is 14.9. The molecule has 1 saturated heterocycles. The van der Waals surface area contributed by atoms with Crippen LogP contribution in [-0.2, 0) is 26.0 Å². The van der Waals surface area contributed by atoms with Crippen LogP contribution in [0.1, 0.15) is 11.1 Å². The van der Waals surface area contributed by atoms with Gasteiger partial charge in [0.2, 0.25) is 15.9 Å². The van der Waals surface area contributed by atoms with E-state index < -0.39 is 10.0 Å². The van der Waals surface area contributed by atoms with Gasteiger partial charge in [0, 0.05) is 18.8 Å². The number of sulfonamides is 1. The van der Waals surface area contributed by atoms with Crippen molar-refractivity contribution in [3.63, 3.8) is 0 Å². The molecule has 1 aliphatic rings. The van der Waals surface area contributed by atoms with Gasteiger partial charge in [-0.1, -0.05) is 24.3 Å². The van der Waals surface area contributed by atoms with Crippen LogP contribution in [0.5, 0.6) is 0 Å². The van der Waals surface area contributed by atoms with Crippen molar-refractivity contribution in [1.29, 1.82) is 0 Å². The number of nitrogens with one attached hydrogen (secondary N) is 2. The average Bonchev–Trinajstić information content (AvgIpc) is 2.70. The van der Waals surface area contributed by atoms with E-state index in [0.29, 0.717) is 32.0 Å². The van der Waals surface area contributed by atoms with Crippen LogP contribution >= 0.6 is 12.2 Å². The van der Waals surface area contributed by atoms with Crippen LogP contribution in [0.25, 0.3) is 0 Å². The highest BCUT2D eigenvalue weighted by atomic mass is 32.2. The van der Waals surface area contributed by atoms with Gasteiger partial charge in [-0.2, -0.15) is 4.31 Å². The van der Waals surface area contributed by atoms with Gasteiger partial charge in [0.15, 0.2) is 5.11 Å². The molecule has 0 spiro atoms. The number of carbonyl (C=O) groups excluding carboxylic acids is 1. The highest BCUT2D eigenvalue weighted by Gasteiger charge is 2.26. The second-order valence-corrected chi connectivity index (χ2v) is 8.99. The molecule has 3 rings (SSSR count). The molecule has 29 heavy (non-hydrogen) atoms. The Balaban J connectivity index is 1.57. The minimum atomic E-state index is -3.54. The molecule has 1 fully saturated rings. The molecule has 2 N–H and O–H groups in total. The van der Waals surface area contributed by atoms with E-state index in [1.54, 1.807) is 12.1 Å². The van der Waals surface area contributed by atoms with Crippen LogP contribution in [-0.4, -0.2) is 50.0 Å². The molecule has 1 amide bonds. The number of hydrogen-bond acceptors (Lipinski definition) is 5. The van der Waals surface area contributed by atoms with E-state index in [-0.39, 0.29) is 22.3 Å². The first-order valence-corrected chi connectivity index (χ1v) is 11.0. The molecule has 0 atom stereocenters. The molecule has 154 valence electrons. The summed E-state index contributed by atoms with van der Waals surface area (Å²) in [5.41, 5.74) is 2.57. The summed E-state index contributed by atoms with van der Waals surface area (Å²) in [6, 6.07) is 13.9. The third kappa shape index (κ3) is 5.60. The lowest BCUT2D eigenvalue weighted by Gasteiger charge is -2.26. The number of rotatable bonds is 5. The number of aryl methyl sites for hydroxylation is 1. The summed E-state index contributed by atoms with van der Waals surface area (Å²) < 4.78 is 31.9. The number of ether oxygens (including phenoxy) is 1. The van der Waals surface area contributed by atoms with Crippen molar-refractivity contribution in [2.75, 3.05) is 31.6 Å². The van der Waals surface area contributed by atoms with Gasteiger partial charge in [-0.3, -0.25) is 4.79 Å². The van der Waals surface area contributed by atoms with Crippen LogP contribution in [0.2, 0.25) is 0 Å². The van der Waals surface area contributed by atoms with Crippen molar-refractivity contribution in [3.05, 3.63) is 59.7 Å². The van der Waals surface area contributed by atoms with E-state index in [2.05, 4.69) is 10.6 Å². The highest BCUT2D eigenvalue weighted by molar-refractivity contribution is 7.89. The Labute approximate surface area is 176 Å². The van der Waals surface area contributed by atoms with Crippen LogP contribution in [0, 0.1) is 6.92 Å². The van der Waals surface area contributed by atoms with Crippen molar-refractivity contribution in [2.45, 2.75) is 18.2 Å². The predicted molar refractivity (Wildman–Crippen MR) is 115 cm³/mol. The Hall–Kier alpha value is -2.33. The Kier molecular flexibility index (Phi) is 6.96. The quantitative estimate of drug-likeness (QED) is 0.702. The monoisotopic (exact) mass is 433 g/mol. The third-order valence-corrected chi connectivity index (χ3v) is 6.70. The van der Waals surface area contributed by atoms with Gasteiger partial charge < -0.3 is 15.4 Å². The lowest BCUT2D eigenvalue weighted by molar-refractivity contribution is -0.119. The molecule has 2 aromatic carbocycles. The van der Waals surface area contributed by atoms with Crippen molar-refractivity contribution < 1.29 is 17.9 Å². The molecule has 7 nitrogen and oxygen atoms in total. The van der Waals surface area contributed by atoms with Crippen LogP contribution in [0.4, 0.5) is 5.69 Å². The largest absolute Gasteiger partial charge is 0.379 e. The molecule has 1 heterocycles. The third-order valence-electron chi connectivity index (χ3n) is 4.59. The number of thiocarbonyl (C=S) groups is 1. The smallest absolute Gasteiger partial charge is 0.243 e. The first kappa shape index (κ1) is 21.4. The van der Waals surface area contributed by atoms with E-state index in [1.165, 1.54) is 16.4 Å². The van der Waals surface area contributed by atoms with Crippen molar-refractivity contribution in [2.24, 2.45) is 0 Å². The summed E-state index contributed by atoms with van der Waals surface area (Å²) >= 11 is 5.19. The summed E-state index contributed by atoms with van der Waals surface area (Å²) in [4.78, 5) is 12.4. The molecule has 0 aliphatic carbocycles. The fraction of sp³-hybridized carbons (Fsp3) is 0.300.